The number of hydrogen-bond acceptors (Lipinski definition) is 4. The van der Waals surface area contributed by atoms with Crippen molar-refractivity contribution in [3.8, 4) is 17.2 Å². The Labute approximate surface area is 131 Å². The number of anilines is 1. The van der Waals surface area contributed by atoms with Gasteiger partial charge in [-0.1, -0.05) is 0 Å². The number of furan rings is 1. The Morgan fingerprint density at radius 3 is 2.57 bits per heavy atom. The summed E-state index contributed by atoms with van der Waals surface area (Å²) < 4.78 is 23.4. The standard InChI is InChI=1S/C17H13FN2O3/c1-22-16-9-6-13(10-19-16)20-17(21)15-8-7-14(23-15)11-2-4-12(18)5-3-11/h2-10H,1H3,(H,20,21). The Balaban J connectivity index is 1.74. The van der Waals surface area contributed by atoms with Crippen LogP contribution in [0, 0.1) is 5.82 Å². The molecule has 3 rings (SSSR count). The van der Waals surface area contributed by atoms with Gasteiger partial charge >= 0.3 is 0 Å². The fourth-order valence-corrected chi connectivity index (χ4v) is 2.00. The molecular weight excluding hydrogens is 299 g/mol. The number of carbonyl (C=O) groups is 1. The summed E-state index contributed by atoms with van der Waals surface area (Å²) in [5.74, 6) is 0.373. The van der Waals surface area contributed by atoms with Crippen molar-refractivity contribution in [2.24, 2.45) is 0 Å². The van der Waals surface area contributed by atoms with Gasteiger partial charge in [-0.2, -0.15) is 0 Å². The largest absolute Gasteiger partial charge is 0.481 e. The highest BCUT2D eigenvalue weighted by molar-refractivity contribution is 6.02. The van der Waals surface area contributed by atoms with Crippen molar-refractivity contribution in [3.05, 3.63) is 66.3 Å². The summed E-state index contributed by atoms with van der Waals surface area (Å²) in [5.41, 5.74) is 1.21. The van der Waals surface area contributed by atoms with Gasteiger partial charge in [0.2, 0.25) is 5.88 Å². The molecule has 0 atom stereocenters. The molecule has 0 spiro atoms. The van der Waals surface area contributed by atoms with Crippen LogP contribution in [0.2, 0.25) is 0 Å². The van der Waals surface area contributed by atoms with E-state index in [1.54, 1.807) is 36.4 Å². The van der Waals surface area contributed by atoms with E-state index in [2.05, 4.69) is 10.3 Å². The Hall–Kier alpha value is -3.15. The van der Waals surface area contributed by atoms with Crippen molar-refractivity contribution < 1.29 is 18.3 Å². The van der Waals surface area contributed by atoms with E-state index in [1.165, 1.54) is 25.4 Å². The highest BCUT2D eigenvalue weighted by Gasteiger charge is 2.13. The van der Waals surface area contributed by atoms with E-state index in [4.69, 9.17) is 9.15 Å². The summed E-state index contributed by atoms with van der Waals surface area (Å²) in [6, 6.07) is 12.4. The van der Waals surface area contributed by atoms with E-state index in [-0.39, 0.29) is 11.6 Å². The lowest BCUT2D eigenvalue weighted by Gasteiger charge is -2.03. The van der Waals surface area contributed by atoms with Crippen LogP contribution >= 0.6 is 0 Å². The number of methoxy groups -OCH3 is 1. The van der Waals surface area contributed by atoms with Crippen molar-refractivity contribution in [3.63, 3.8) is 0 Å². The number of hydrogen-bond donors (Lipinski definition) is 1. The zero-order valence-electron chi connectivity index (χ0n) is 12.2. The number of rotatable bonds is 4. The van der Waals surface area contributed by atoms with Gasteiger partial charge in [0.25, 0.3) is 5.91 Å². The number of benzene rings is 1. The maximum Gasteiger partial charge on any atom is 0.291 e. The molecule has 0 bridgehead atoms. The summed E-state index contributed by atoms with van der Waals surface area (Å²) in [7, 11) is 1.51. The zero-order valence-corrected chi connectivity index (χ0v) is 12.2. The number of halogens is 1. The fraction of sp³-hybridized carbons (Fsp3) is 0.0588. The Morgan fingerprint density at radius 1 is 1.13 bits per heavy atom. The van der Waals surface area contributed by atoms with Gasteiger partial charge < -0.3 is 14.5 Å². The highest BCUT2D eigenvalue weighted by Crippen LogP contribution is 2.23. The monoisotopic (exact) mass is 312 g/mol. The third-order valence-corrected chi connectivity index (χ3v) is 3.16. The molecule has 2 aromatic heterocycles. The van der Waals surface area contributed by atoms with E-state index >= 15 is 0 Å². The van der Waals surface area contributed by atoms with Gasteiger partial charge in [-0.05, 0) is 42.5 Å². The Bertz CT molecular complexity index is 811. The molecule has 0 saturated carbocycles. The summed E-state index contributed by atoms with van der Waals surface area (Å²) in [5, 5.41) is 2.67. The van der Waals surface area contributed by atoms with Crippen LogP contribution in [0.4, 0.5) is 10.1 Å². The van der Waals surface area contributed by atoms with E-state index in [0.717, 1.165) is 0 Å². The molecule has 0 fully saturated rings. The third-order valence-electron chi connectivity index (χ3n) is 3.16. The molecule has 1 aromatic carbocycles. The second-order valence-electron chi connectivity index (χ2n) is 4.71. The average Bonchev–Trinajstić information content (AvgIpc) is 3.06. The van der Waals surface area contributed by atoms with Crippen LogP contribution in [-0.2, 0) is 0 Å². The lowest BCUT2D eigenvalue weighted by Crippen LogP contribution is -2.10. The Morgan fingerprint density at radius 2 is 1.91 bits per heavy atom. The van der Waals surface area contributed by atoms with Crippen LogP contribution in [-0.4, -0.2) is 18.0 Å². The van der Waals surface area contributed by atoms with Crippen LogP contribution in [0.3, 0.4) is 0 Å². The smallest absolute Gasteiger partial charge is 0.291 e. The van der Waals surface area contributed by atoms with E-state index in [0.29, 0.717) is 22.9 Å². The van der Waals surface area contributed by atoms with Crippen LogP contribution in [0.1, 0.15) is 10.6 Å². The topological polar surface area (TPSA) is 64.4 Å². The first-order chi connectivity index (χ1) is 11.2. The Kier molecular flexibility index (Phi) is 4.05. The highest BCUT2D eigenvalue weighted by atomic mass is 19.1. The van der Waals surface area contributed by atoms with Gasteiger partial charge in [-0.3, -0.25) is 4.79 Å². The first-order valence-electron chi connectivity index (χ1n) is 6.83. The molecule has 1 amide bonds. The number of carbonyl (C=O) groups excluding carboxylic acids is 1. The lowest BCUT2D eigenvalue weighted by molar-refractivity contribution is 0.0997. The summed E-state index contributed by atoms with van der Waals surface area (Å²) in [6.45, 7) is 0. The fourth-order valence-electron chi connectivity index (χ4n) is 2.00. The molecule has 116 valence electrons. The quantitative estimate of drug-likeness (QED) is 0.797. The number of pyridine rings is 1. The molecule has 23 heavy (non-hydrogen) atoms. The first kappa shape index (κ1) is 14.8. The first-order valence-corrected chi connectivity index (χ1v) is 6.83. The van der Waals surface area contributed by atoms with E-state index in [1.807, 2.05) is 0 Å². The molecule has 6 heteroatoms. The molecule has 1 N–H and O–H groups in total. The predicted molar refractivity (Wildman–Crippen MR) is 82.8 cm³/mol. The molecule has 0 unspecified atom stereocenters. The van der Waals surface area contributed by atoms with Gasteiger partial charge in [0, 0.05) is 11.6 Å². The summed E-state index contributed by atoms with van der Waals surface area (Å²) in [6.07, 6.45) is 1.49. The zero-order chi connectivity index (χ0) is 16.2. The van der Waals surface area contributed by atoms with E-state index < -0.39 is 5.91 Å². The van der Waals surface area contributed by atoms with Crippen LogP contribution in [0.25, 0.3) is 11.3 Å². The minimum Gasteiger partial charge on any atom is -0.481 e. The van der Waals surface area contributed by atoms with Gasteiger partial charge in [-0.15, -0.1) is 0 Å². The summed E-state index contributed by atoms with van der Waals surface area (Å²) >= 11 is 0. The minimum absolute atomic E-state index is 0.153. The third kappa shape index (κ3) is 3.37. The summed E-state index contributed by atoms with van der Waals surface area (Å²) in [4.78, 5) is 16.1. The van der Waals surface area contributed by atoms with Gasteiger partial charge in [-0.25, -0.2) is 9.37 Å². The normalized spacial score (nSPS) is 10.3. The molecule has 5 nitrogen and oxygen atoms in total. The maximum absolute atomic E-state index is 12.9. The van der Waals surface area contributed by atoms with Gasteiger partial charge in [0.1, 0.15) is 11.6 Å². The number of nitrogens with one attached hydrogen (secondary N) is 1. The lowest BCUT2D eigenvalue weighted by atomic mass is 10.2. The second-order valence-corrected chi connectivity index (χ2v) is 4.71. The molecule has 0 aliphatic heterocycles. The van der Waals surface area contributed by atoms with Crippen LogP contribution in [0.15, 0.2) is 59.1 Å². The van der Waals surface area contributed by atoms with E-state index in [9.17, 15) is 9.18 Å². The number of nitrogens with zero attached hydrogens (tertiary/aromatic N) is 1. The van der Waals surface area contributed by atoms with Crippen molar-refractivity contribution in [2.75, 3.05) is 12.4 Å². The van der Waals surface area contributed by atoms with Crippen LogP contribution < -0.4 is 10.1 Å². The number of aromatic nitrogens is 1. The number of ether oxygens (including phenoxy) is 1. The average molecular weight is 312 g/mol. The maximum atomic E-state index is 12.9. The van der Waals surface area contributed by atoms with Crippen LogP contribution in [0.5, 0.6) is 5.88 Å². The van der Waals surface area contributed by atoms with Crippen molar-refractivity contribution in [2.45, 2.75) is 0 Å². The molecule has 2 heterocycles. The molecule has 0 aliphatic rings. The molecule has 0 aliphatic carbocycles. The molecule has 3 aromatic rings. The molecule has 0 radical (unpaired) electrons. The predicted octanol–water partition coefficient (Wildman–Crippen LogP) is 3.74. The molecule has 0 saturated heterocycles. The van der Waals surface area contributed by atoms with Gasteiger partial charge in [0.15, 0.2) is 5.76 Å². The van der Waals surface area contributed by atoms with Crippen molar-refractivity contribution >= 4 is 11.6 Å². The SMILES string of the molecule is COc1ccc(NC(=O)c2ccc(-c3ccc(F)cc3)o2)cn1. The number of amides is 1. The van der Waals surface area contributed by atoms with Gasteiger partial charge in [0.05, 0.1) is 19.0 Å². The minimum atomic E-state index is -0.398. The molecular formula is C17H13FN2O3. The van der Waals surface area contributed by atoms with Crippen molar-refractivity contribution in [1.82, 2.24) is 4.98 Å². The van der Waals surface area contributed by atoms with Crippen molar-refractivity contribution in [1.29, 1.82) is 0 Å². The second kappa shape index (κ2) is 6.31.